The molecule has 1 N–H and O–H groups in total. The van der Waals surface area contributed by atoms with Crippen molar-refractivity contribution in [1.82, 2.24) is 0 Å². The van der Waals surface area contributed by atoms with Crippen LogP contribution < -0.4 is 5.01 Å². The summed E-state index contributed by atoms with van der Waals surface area (Å²) in [6.45, 7) is 1.67. The summed E-state index contributed by atoms with van der Waals surface area (Å²) in [6.07, 6.45) is 0. The molecule has 1 aliphatic heterocycles. The second-order valence-electron chi connectivity index (χ2n) is 5.31. The third-order valence-corrected chi connectivity index (χ3v) is 4.39. The van der Waals surface area contributed by atoms with Crippen molar-refractivity contribution in [3.8, 4) is 0 Å². The van der Waals surface area contributed by atoms with E-state index in [2.05, 4.69) is 15.3 Å². The van der Waals surface area contributed by atoms with Gasteiger partial charge in [0.15, 0.2) is 6.04 Å². The molecule has 128 valence electrons. The number of benzene rings is 2. The highest BCUT2D eigenvalue weighted by Crippen LogP contribution is 2.24. The number of carbonyl (C=O) groups is 1. The summed E-state index contributed by atoms with van der Waals surface area (Å²) in [5.74, 6) is -0.392. The SMILES string of the molecule is CC1=NN(c2ccc(S(=O)(=O)O)cc2)C(=O)[C@H]1N=Nc1ccccc1. The molecule has 0 spiro atoms. The number of hydrogen-bond donors (Lipinski definition) is 1. The van der Waals surface area contributed by atoms with Gasteiger partial charge in [-0.15, -0.1) is 0 Å². The molecule has 1 atom stereocenters. The van der Waals surface area contributed by atoms with Crippen LogP contribution in [0.5, 0.6) is 0 Å². The number of hydrazone groups is 1. The quantitative estimate of drug-likeness (QED) is 0.669. The lowest BCUT2D eigenvalue weighted by Crippen LogP contribution is -2.29. The lowest BCUT2D eigenvalue weighted by atomic mass is 10.2. The van der Waals surface area contributed by atoms with Gasteiger partial charge in [0.05, 0.1) is 22.0 Å². The van der Waals surface area contributed by atoms with Crippen LogP contribution in [0.4, 0.5) is 11.4 Å². The average molecular weight is 358 g/mol. The Bertz CT molecular complexity index is 953. The molecule has 9 heteroatoms. The van der Waals surface area contributed by atoms with Crippen LogP contribution in [0.25, 0.3) is 0 Å². The fourth-order valence-corrected chi connectivity index (χ4v) is 2.73. The molecule has 0 radical (unpaired) electrons. The second-order valence-corrected chi connectivity index (χ2v) is 6.74. The van der Waals surface area contributed by atoms with E-state index in [9.17, 15) is 13.2 Å². The molecule has 3 rings (SSSR count). The summed E-state index contributed by atoms with van der Waals surface area (Å²) in [5.41, 5.74) is 1.47. The van der Waals surface area contributed by atoms with Crippen LogP contribution in [-0.2, 0) is 14.9 Å². The van der Waals surface area contributed by atoms with Gasteiger partial charge in [-0.1, -0.05) is 18.2 Å². The highest BCUT2D eigenvalue weighted by Gasteiger charge is 2.34. The minimum absolute atomic E-state index is 0.260. The summed E-state index contributed by atoms with van der Waals surface area (Å²) in [6, 6.07) is 13.3. The zero-order valence-corrected chi connectivity index (χ0v) is 14.0. The maximum absolute atomic E-state index is 12.5. The van der Waals surface area contributed by atoms with Gasteiger partial charge in [-0.05, 0) is 43.3 Å². The molecule has 1 heterocycles. The first-order valence-corrected chi connectivity index (χ1v) is 8.73. The Morgan fingerprint density at radius 2 is 1.72 bits per heavy atom. The first kappa shape index (κ1) is 16.9. The van der Waals surface area contributed by atoms with E-state index in [0.717, 1.165) is 5.01 Å². The zero-order valence-electron chi connectivity index (χ0n) is 13.1. The smallest absolute Gasteiger partial charge is 0.282 e. The molecule has 0 aliphatic carbocycles. The minimum atomic E-state index is -4.29. The molecule has 0 bridgehead atoms. The standard InChI is InChI=1S/C16H14N4O4S/c1-11-15(18-17-12-5-3-2-4-6-12)16(21)20(19-11)13-7-9-14(10-8-13)25(22,23)24/h2-10,15H,1H3,(H,22,23,24)/t15-/m0/s1. The predicted octanol–water partition coefficient (Wildman–Crippen LogP) is 2.81. The van der Waals surface area contributed by atoms with E-state index >= 15 is 0 Å². The van der Waals surface area contributed by atoms with Gasteiger partial charge in [-0.25, -0.2) is 0 Å². The number of anilines is 1. The maximum Gasteiger partial charge on any atom is 0.294 e. The first-order chi connectivity index (χ1) is 11.9. The fraction of sp³-hybridized carbons (Fsp3) is 0.125. The maximum atomic E-state index is 12.5. The first-order valence-electron chi connectivity index (χ1n) is 7.29. The van der Waals surface area contributed by atoms with E-state index < -0.39 is 22.1 Å². The van der Waals surface area contributed by atoms with Gasteiger partial charge in [0.1, 0.15) is 0 Å². The molecule has 1 aliphatic rings. The van der Waals surface area contributed by atoms with Crippen LogP contribution in [-0.4, -0.2) is 30.6 Å². The largest absolute Gasteiger partial charge is 0.294 e. The van der Waals surface area contributed by atoms with Gasteiger partial charge in [-0.3, -0.25) is 9.35 Å². The molecular formula is C16H14N4O4S. The summed E-state index contributed by atoms with van der Waals surface area (Å²) in [7, 11) is -4.29. The molecule has 0 aromatic heterocycles. The van der Waals surface area contributed by atoms with E-state index in [1.165, 1.54) is 24.3 Å². The average Bonchev–Trinajstić information content (AvgIpc) is 2.87. The fourth-order valence-electron chi connectivity index (χ4n) is 2.25. The molecule has 25 heavy (non-hydrogen) atoms. The third-order valence-electron chi connectivity index (χ3n) is 3.52. The second kappa shape index (κ2) is 6.54. The molecule has 0 fully saturated rings. The monoisotopic (exact) mass is 358 g/mol. The lowest BCUT2D eigenvalue weighted by Gasteiger charge is -2.12. The Morgan fingerprint density at radius 1 is 1.08 bits per heavy atom. The van der Waals surface area contributed by atoms with Gasteiger partial charge in [0, 0.05) is 0 Å². The van der Waals surface area contributed by atoms with Crippen molar-refractivity contribution in [3.63, 3.8) is 0 Å². The molecule has 0 unspecified atom stereocenters. The van der Waals surface area contributed by atoms with Crippen molar-refractivity contribution in [2.45, 2.75) is 17.9 Å². The predicted molar refractivity (Wildman–Crippen MR) is 91.6 cm³/mol. The number of rotatable bonds is 4. The third kappa shape index (κ3) is 3.62. The van der Waals surface area contributed by atoms with Gasteiger partial charge in [0.25, 0.3) is 16.0 Å². The van der Waals surface area contributed by atoms with E-state index in [4.69, 9.17) is 4.55 Å². The van der Waals surface area contributed by atoms with E-state index in [1.54, 1.807) is 19.1 Å². The highest BCUT2D eigenvalue weighted by molar-refractivity contribution is 7.85. The van der Waals surface area contributed by atoms with Gasteiger partial charge in [-0.2, -0.15) is 28.8 Å². The summed E-state index contributed by atoms with van der Waals surface area (Å²) >= 11 is 0. The van der Waals surface area contributed by atoms with Crippen molar-refractivity contribution in [2.24, 2.45) is 15.3 Å². The van der Waals surface area contributed by atoms with Crippen LogP contribution in [0, 0.1) is 0 Å². The molecule has 2 aromatic rings. The Balaban J connectivity index is 1.81. The van der Waals surface area contributed by atoms with Gasteiger partial charge in [0.2, 0.25) is 0 Å². The van der Waals surface area contributed by atoms with E-state index in [1.807, 2.05) is 18.2 Å². The molecule has 2 aromatic carbocycles. The van der Waals surface area contributed by atoms with Gasteiger partial charge >= 0.3 is 0 Å². The summed E-state index contributed by atoms with van der Waals surface area (Å²) < 4.78 is 31.1. The number of nitrogens with zero attached hydrogens (tertiary/aromatic N) is 4. The van der Waals surface area contributed by atoms with Crippen LogP contribution in [0.2, 0.25) is 0 Å². The Morgan fingerprint density at radius 3 is 2.32 bits per heavy atom. The van der Waals surface area contributed by atoms with Crippen LogP contribution in [0.3, 0.4) is 0 Å². The van der Waals surface area contributed by atoms with Crippen LogP contribution in [0.15, 0.2) is 74.8 Å². The Labute approximate surface area is 144 Å². The summed E-state index contributed by atoms with van der Waals surface area (Å²) in [5, 5.41) is 13.4. The number of amides is 1. The normalized spacial score (nSPS) is 18.0. The lowest BCUT2D eigenvalue weighted by molar-refractivity contribution is -0.117. The number of carbonyl (C=O) groups excluding carboxylic acids is 1. The summed E-state index contributed by atoms with van der Waals surface area (Å²) in [4.78, 5) is 12.2. The molecular weight excluding hydrogens is 344 g/mol. The van der Waals surface area contributed by atoms with Crippen LogP contribution in [0.1, 0.15) is 6.92 Å². The topological polar surface area (TPSA) is 112 Å². The molecule has 0 saturated heterocycles. The minimum Gasteiger partial charge on any atom is -0.282 e. The van der Waals surface area contributed by atoms with Crippen molar-refractivity contribution < 1.29 is 17.8 Å². The van der Waals surface area contributed by atoms with Crippen molar-refractivity contribution >= 4 is 33.1 Å². The number of azo groups is 1. The zero-order chi connectivity index (χ0) is 18.0. The Kier molecular flexibility index (Phi) is 4.43. The molecule has 8 nitrogen and oxygen atoms in total. The highest BCUT2D eigenvalue weighted by atomic mass is 32.2. The Hall–Kier alpha value is -2.91. The van der Waals surface area contributed by atoms with Crippen molar-refractivity contribution in [3.05, 3.63) is 54.6 Å². The van der Waals surface area contributed by atoms with E-state index in [-0.39, 0.29) is 4.90 Å². The van der Waals surface area contributed by atoms with Crippen LogP contribution >= 0.6 is 0 Å². The number of hydrogen-bond acceptors (Lipinski definition) is 6. The molecule has 0 saturated carbocycles. The van der Waals surface area contributed by atoms with Gasteiger partial charge < -0.3 is 0 Å². The molecule has 1 amide bonds. The van der Waals surface area contributed by atoms with Crippen molar-refractivity contribution in [2.75, 3.05) is 5.01 Å². The van der Waals surface area contributed by atoms with E-state index in [0.29, 0.717) is 17.1 Å². The van der Waals surface area contributed by atoms with Crippen molar-refractivity contribution in [1.29, 1.82) is 0 Å².